The molecule has 1 aliphatic carbocycles. The van der Waals surface area contributed by atoms with Crippen molar-refractivity contribution in [2.75, 3.05) is 23.3 Å². The van der Waals surface area contributed by atoms with Gasteiger partial charge < -0.3 is 15.5 Å². The van der Waals surface area contributed by atoms with Crippen molar-refractivity contribution >= 4 is 40.4 Å². The van der Waals surface area contributed by atoms with Crippen LogP contribution in [0.3, 0.4) is 0 Å². The smallest absolute Gasteiger partial charge is 0.170 e. The molecule has 1 aromatic heterocycles. The van der Waals surface area contributed by atoms with Gasteiger partial charge in [-0.2, -0.15) is 0 Å². The SMILES string of the molecule is S=C(NCC1(c2cccc(Cl)c2)CCCCC1)Nc1ccc(N2CCc3ccccc3C2)nc1. The summed E-state index contributed by atoms with van der Waals surface area (Å²) in [5.74, 6) is 1.00. The van der Waals surface area contributed by atoms with Crippen molar-refractivity contribution < 1.29 is 0 Å². The summed E-state index contributed by atoms with van der Waals surface area (Å²) >= 11 is 12.0. The molecule has 6 heteroatoms. The molecule has 1 aliphatic heterocycles. The molecule has 3 aromatic rings. The number of hydrogen-bond donors (Lipinski definition) is 2. The van der Waals surface area contributed by atoms with Crippen molar-refractivity contribution in [3.8, 4) is 0 Å². The summed E-state index contributed by atoms with van der Waals surface area (Å²) in [7, 11) is 0. The van der Waals surface area contributed by atoms with Crippen LogP contribution >= 0.6 is 23.8 Å². The van der Waals surface area contributed by atoms with Gasteiger partial charge in [0.1, 0.15) is 5.82 Å². The fourth-order valence-corrected chi connectivity index (χ4v) is 5.76. The van der Waals surface area contributed by atoms with E-state index in [1.807, 2.05) is 12.3 Å². The van der Waals surface area contributed by atoms with Gasteiger partial charge in [0.25, 0.3) is 0 Å². The molecular weight excluding hydrogens is 460 g/mol. The second-order valence-electron chi connectivity index (χ2n) is 9.50. The molecule has 0 bridgehead atoms. The van der Waals surface area contributed by atoms with Crippen LogP contribution in [0.5, 0.6) is 0 Å². The van der Waals surface area contributed by atoms with Gasteiger partial charge in [-0.25, -0.2) is 4.98 Å². The molecule has 0 amide bonds. The maximum Gasteiger partial charge on any atom is 0.170 e. The van der Waals surface area contributed by atoms with Crippen LogP contribution in [-0.2, 0) is 18.4 Å². The van der Waals surface area contributed by atoms with E-state index in [0.29, 0.717) is 5.11 Å². The van der Waals surface area contributed by atoms with Crippen molar-refractivity contribution in [2.24, 2.45) is 0 Å². The molecule has 34 heavy (non-hydrogen) atoms. The van der Waals surface area contributed by atoms with E-state index in [4.69, 9.17) is 28.8 Å². The number of benzene rings is 2. The number of thiocarbonyl (C=S) groups is 1. The minimum absolute atomic E-state index is 0.0710. The fourth-order valence-electron chi connectivity index (χ4n) is 5.38. The first-order valence-corrected chi connectivity index (χ1v) is 13.0. The van der Waals surface area contributed by atoms with Crippen LogP contribution in [0.25, 0.3) is 0 Å². The fraction of sp³-hybridized carbons (Fsp3) is 0.357. The highest BCUT2D eigenvalue weighted by molar-refractivity contribution is 7.80. The van der Waals surface area contributed by atoms with E-state index >= 15 is 0 Å². The summed E-state index contributed by atoms with van der Waals surface area (Å²) in [5.41, 5.74) is 5.12. The molecule has 4 nitrogen and oxygen atoms in total. The summed E-state index contributed by atoms with van der Waals surface area (Å²) in [6, 6.07) is 21.1. The first-order chi connectivity index (χ1) is 16.6. The molecule has 0 unspecified atom stereocenters. The number of anilines is 2. The Hall–Kier alpha value is -2.63. The Balaban J connectivity index is 1.20. The van der Waals surface area contributed by atoms with Gasteiger partial charge in [-0.15, -0.1) is 0 Å². The van der Waals surface area contributed by atoms with Crippen LogP contribution < -0.4 is 15.5 Å². The minimum atomic E-state index is 0.0710. The number of fused-ring (bicyclic) bond motifs is 1. The Morgan fingerprint density at radius 1 is 1.00 bits per heavy atom. The molecule has 5 rings (SSSR count). The third-order valence-corrected chi connectivity index (χ3v) is 7.78. The first-order valence-electron chi connectivity index (χ1n) is 12.2. The molecule has 176 valence electrons. The van der Waals surface area contributed by atoms with E-state index in [1.54, 1.807) is 0 Å². The van der Waals surface area contributed by atoms with Crippen LogP contribution in [0.15, 0.2) is 66.9 Å². The van der Waals surface area contributed by atoms with Crippen molar-refractivity contribution in [1.29, 1.82) is 0 Å². The number of aromatic nitrogens is 1. The van der Waals surface area contributed by atoms with Crippen molar-refractivity contribution in [3.05, 3.63) is 88.6 Å². The normalized spacial score (nSPS) is 17.0. The number of nitrogens with one attached hydrogen (secondary N) is 2. The lowest BCUT2D eigenvalue weighted by atomic mass is 9.69. The number of rotatable bonds is 5. The van der Waals surface area contributed by atoms with E-state index in [9.17, 15) is 0 Å². The molecule has 0 atom stereocenters. The second kappa shape index (κ2) is 10.3. The second-order valence-corrected chi connectivity index (χ2v) is 10.3. The van der Waals surface area contributed by atoms with Crippen LogP contribution in [-0.4, -0.2) is 23.2 Å². The number of halogens is 1. The number of nitrogens with zero attached hydrogens (tertiary/aromatic N) is 2. The lowest BCUT2D eigenvalue weighted by Gasteiger charge is -2.38. The Morgan fingerprint density at radius 3 is 2.59 bits per heavy atom. The van der Waals surface area contributed by atoms with Gasteiger partial charge in [0.15, 0.2) is 5.11 Å². The number of pyridine rings is 1. The highest BCUT2D eigenvalue weighted by atomic mass is 35.5. The lowest BCUT2D eigenvalue weighted by molar-refractivity contribution is 0.292. The highest BCUT2D eigenvalue weighted by Crippen LogP contribution is 2.39. The monoisotopic (exact) mass is 490 g/mol. The third kappa shape index (κ3) is 5.21. The quantitative estimate of drug-likeness (QED) is 0.400. The van der Waals surface area contributed by atoms with E-state index in [0.717, 1.165) is 55.4 Å². The molecular formula is C28H31ClN4S. The zero-order valence-corrected chi connectivity index (χ0v) is 21.0. The maximum atomic E-state index is 6.32. The van der Waals surface area contributed by atoms with Gasteiger partial charge in [-0.05, 0) is 72.4 Å². The summed E-state index contributed by atoms with van der Waals surface area (Å²) < 4.78 is 0. The Bertz CT molecular complexity index is 1140. The Morgan fingerprint density at radius 2 is 1.82 bits per heavy atom. The van der Waals surface area contributed by atoms with Gasteiger partial charge in [0.2, 0.25) is 0 Å². The van der Waals surface area contributed by atoms with Gasteiger partial charge in [-0.1, -0.05) is 67.3 Å². The van der Waals surface area contributed by atoms with Crippen molar-refractivity contribution in [1.82, 2.24) is 10.3 Å². The Kier molecular flexibility index (Phi) is 7.02. The molecule has 2 N–H and O–H groups in total. The molecule has 2 aromatic carbocycles. The van der Waals surface area contributed by atoms with Crippen LogP contribution in [0.1, 0.15) is 48.8 Å². The average molecular weight is 491 g/mol. The molecule has 1 saturated carbocycles. The largest absolute Gasteiger partial charge is 0.362 e. The van der Waals surface area contributed by atoms with Crippen LogP contribution in [0.2, 0.25) is 5.02 Å². The molecule has 2 heterocycles. The van der Waals surface area contributed by atoms with Crippen LogP contribution in [0.4, 0.5) is 11.5 Å². The topological polar surface area (TPSA) is 40.2 Å². The van der Waals surface area contributed by atoms with E-state index in [2.05, 4.69) is 70.1 Å². The molecule has 2 aliphatic rings. The van der Waals surface area contributed by atoms with E-state index < -0.39 is 0 Å². The zero-order chi connectivity index (χ0) is 23.4. The summed E-state index contributed by atoms with van der Waals surface area (Å²) in [5, 5.41) is 8.24. The highest BCUT2D eigenvalue weighted by Gasteiger charge is 2.34. The molecule has 0 spiro atoms. The summed E-state index contributed by atoms with van der Waals surface area (Å²) in [4.78, 5) is 7.04. The summed E-state index contributed by atoms with van der Waals surface area (Å²) in [6.45, 7) is 2.70. The van der Waals surface area contributed by atoms with Crippen molar-refractivity contribution in [2.45, 2.75) is 50.5 Å². The minimum Gasteiger partial charge on any atom is -0.362 e. The zero-order valence-electron chi connectivity index (χ0n) is 19.4. The molecule has 0 radical (unpaired) electrons. The average Bonchev–Trinajstić information content (AvgIpc) is 2.88. The summed E-state index contributed by atoms with van der Waals surface area (Å²) in [6.07, 6.45) is 9.00. The molecule has 1 fully saturated rings. The van der Waals surface area contributed by atoms with Crippen molar-refractivity contribution in [3.63, 3.8) is 0 Å². The van der Waals surface area contributed by atoms with E-state index in [1.165, 1.54) is 36.0 Å². The predicted octanol–water partition coefficient (Wildman–Crippen LogP) is 6.49. The lowest BCUT2D eigenvalue weighted by Crippen LogP contribution is -2.43. The van der Waals surface area contributed by atoms with Gasteiger partial charge in [-0.3, -0.25) is 0 Å². The maximum absolute atomic E-state index is 6.32. The first kappa shape index (κ1) is 23.1. The van der Waals surface area contributed by atoms with Gasteiger partial charge in [0, 0.05) is 30.1 Å². The Labute approximate surface area is 212 Å². The van der Waals surface area contributed by atoms with Gasteiger partial charge >= 0.3 is 0 Å². The third-order valence-electron chi connectivity index (χ3n) is 7.30. The van der Waals surface area contributed by atoms with Crippen LogP contribution in [0, 0.1) is 0 Å². The van der Waals surface area contributed by atoms with E-state index in [-0.39, 0.29) is 5.41 Å². The molecule has 0 saturated heterocycles. The standard InChI is InChI=1S/C28H31ClN4S/c29-24-10-6-9-23(17-24)28(14-4-1-5-15-28)20-31-27(34)32-25-11-12-26(30-18-25)33-16-13-21-7-2-3-8-22(21)19-33/h2-3,6-12,17-18H,1,4-5,13-16,19-20H2,(H2,31,32,34). The van der Waals surface area contributed by atoms with Gasteiger partial charge in [0.05, 0.1) is 11.9 Å². The predicted molar refractivity (Wildman–Crippen MR) is 146 cm³/mol. The number of hydrogen-bond acceptors (Lipinski definition) is 3.